The van der Waals surface area contributed by atoms with Crippen LogP contribution in [0.25, 0.3) is 11.3 Å². The number of hydrogen-bond donors (Lipinski definition) is 2. The molecule has 1 aromatic carbocycles. The highest BCUT2D eigenvalue weighted by molar-refractivity contribution is 6.11. The number of anilines is 2. The second-order valence-electron chi connectivity index (χ2n) is 15.6. The molecule has 2 aliphatic rings. The van der Waals surface area contributed by atoms with Gasteiger partial charge in [-0.2, -0.15) is 0 Å². The van der Waals surface area contributed by atoms with E-state index >= 15 is 4.39 Å². The largest absolute Gasteiger partial charge is 0.492 e. The molecule has 0 aliphatic carbocycles. The minimum Gasteiger partial charge on any atom is -0.492 e. The Hall–Kier alpha value is -4.93. The molecule has 0 radical (unpaired) electrons. The van der Waals surface area contributed by atoms with E-state index in [-0.39, 0.29) is 48.3 Å². The third kappa shape index (κ3) is 10.3. The molecule has 0 spiro atoms. The average Bonchev–Trinajstić information content (AvgIpc) is 3.51. The van der Waals surface area contributed by atoms with E-state index in [4.69, 9.17) is 33.2 Å². The highest BCUT2D eigenvalue weighted by atomic mass is 19.1. The van der Waals surface area contributed by atoms with Gasteiger partial charge in [0.1, 0.15) is 29.7 Å². The normalized spacial score (nSPS) is 17.4. The van der Waals surface area contributed by atoms with Crippen LogP contribution in [-0.2, 0) is 23.7 Å². The fraction of sp³-hybridized carbons (Fsp3) is 0.550. The number of amides is 3. The number of carbonyl (C=O) groups excluding carboxylic acids is 3. The highest BCUT2D eigenvalue weighted by Crippen LogP contribution is 2.46. The van der Waals surface area contributed by atoms with Crippen LogP contribution in [0.5, 0.6) is 11.5 Å². The van der Waals surface area contributed by atoms with Gasteiger partial charge in [-0.25, -0.2) is 18.9 Å². The van der Waals surface area contributed by atoms with Gasteiger partial charge in [-0.1, -0.05) is 6.07 Å². The zero-order chi connectivity index (χ0) is 40.8. The number of H-pyrrole nitrogens is 1. The first-order valence-electron chi connectivity index (χ1n) is 18.7. The summed E-state index contributed by atoms with van der Waals surface area (Å²) in [6.07, 6.45) is 2.72. The Bertz CT molecular complexity index is 1850. The Balaban J connectivity index is 1.57. The highest BCUT2D eigenvalue weighted by Gasteiger charge is 2.42. The maximum absolute atomic E-state index is 15.1. The Morgan fingerprint density at radius 3 is 2.43 bits per heavy atom. The van der Waals surface area contributed by atoms with Crippen molar-refractivity contribution in [2.45, 2.75) is 90.3 Å². The number of nitrogens with zero attached hydrogens (tertiary/aromatic N) is 3. The first-order chi connectivity index (χ1) is 26.5. The molecule has 4 heterocycles. The van der Waals surface area contributed by atoms with E-state index in [0.717, 1.165) is 4.90 Å². The van der Waals surface area contributed by atoms with Crippen molar-refractivity contribution in [3.05, 3.63) is 53.7 Å². The average molecular weight is 784 g/mol. The molecule has 3 amide bonds. The molecule has 1 saturated heterocycles. The Labute approximate surface area is 327 Å². The number of nitrogens with one attached hydrogen (secondary N) is 2. The number of benzene rings is 1. The summed E-state index contributed by atoms with van der Waals surface area (Å²) < 4.78 is 54.9. The third-order valence-corrected chi connectivity index (χ3v) is 9.13. The van der Waals surface area contributed by atoms with Gasteiger partial charge >= 0.3 is 12.2 Å². The molecule has 56 heavy (non-hydrogen) atoms. The van der Waals surface area contributed by atoms with Crippen LogP contribution in [0.15, 0.2) is 36.7 Å². The van der Waals surface area contributed by atoms with Crippen LogP contribution in [-0.4, -0.2) is 116 Å². The summed E-state index contributed by atoms with van der Waals surface area (Å²) in [6.45, 7) is 11.7. The lowest BCUT2D eigenvalue weighted by Gasteiger charge is -2.34. The van der Waals surface area contributed by atoms with Crippen molar-refractivity contribution in [3.8, 4) is 22.8 Å². The number of imide groups is 1. The van der Waals surface area contributed by atoms with E-state index in [9.17, 15) is 14.4 Å². The van der Waals surface area contributed by atoms with E-state index in [1.807, 2.05) is 20.8 Å². The van der Waals surface area contributed by atoms with Crippen LogP contribution in [0.4, 0.5) is 25.4 Å². The van der Waals surface area contributed by atoms with Crippen molar-refractivity contribution in [2.75, 3.05) is 59.5 Å². The zero-order valence-electron chi connectivity index (χ0n) is 33.7. The monoisotopic (exact) mass is 783 g/mol. The lowest BCUT2D eigenvalue weighted by molar-refractivity contribution is -0.107. The van der Waals surface area contributed by atoms with Crippen molar-refractivity contribution in [3.63, 3.8) is 0 Å². The molecular weight excluding hydrogens is 729 g/mol. The maximum Gasteiger partial charge on any atom is 0.417 e. The SMILES string of the molecule is COc1c(F)cccc1Nc1c(-c2ccncc2OC[C@@H]2CN(C(=O)OC(C)(C)C)CCO2)[nH]c2c1C(=O)N(C(=O)OC(C)(C)C)CC2CCCC(OC)OC. The molecule has 0 saturated carbocycles. The van der Waals surface area contributed by atoms with Gasteiger partial charge in [-0.3, -0.25) is 9.78 Å². The molecule has 3 aromatic rings. The number of para-hydroxylation sites is 1. The Morgan fingerprint density at radius 1 is 1.04 bits per heavy atom. The first kappa shape index (κ1) is 42.2. The summed E-state index contributed by atoms with van der Waals surface area (Å²) in [7, 11) is 4.48. The van der Waals surface area contributed by atoms with Gasteiger partial charge in [0.05, 0.1) is 49.1 Å². The maximum atomic E-state index is 15.1. The molecule has 306 valence electrons. The molecule has 16 heteroatoms. The number of hydrogen-bond acceptors (Lipinski definition) is 12. The fourth-order valence-electron chi connectivity index (χ4n) is 6.62. The molecular formula is C40H54FN5O10. The van der Waals surface area contributed by atoms with E-state index in [1.165, 1.54) is 25.4 Å². The molecule has 2 N–H and O–H groups in total. The number of pyridine rings is 1. The van der Waals surface area contributed by atoms with Gasteiger partial charge in [0.2, 0.25) is 0 Å². The Morgan fingerprint density at radius 2 is 1.75 bits per heavy atom. The van der Waals surface area contributed by atoms with E-state index in [0.29, 0.717) is 55.1 Å². The zero-order valence-corrected chi connectivity index (χ0v) is 33.7. The molecule has 5 rings (SSSR count). The van der Waals surface area contributed by atoms with Gasteiger partial charge in [-0.05, 0) is 79.0 Å². The summed E-state index contributed by atoms with van der Waals surface area (Å²) in [4.78, 5) is 51.5. The predicted molar refractivity (Wildman–Crippen MR) is 205 cm³/mol. The quantitative estimate of drug-likeness (QED) is 0.167. The standard InChI is InChI=1S/C40H54FN5O10/c1-39(2,3)55-37(48)45-18-19-53-25(22-45)23-54-29-20-42-17-16-26(29)33-34(43-28-14-11-13-27(41)35(28)52-9)31-32(44-33)24(12-10-15-30(50-7)51-8)21-46(36(31)47)38(49)56-40(4,5)6/h11,13-14,16-17,20,24-25,30,43-44H,10,12,15,18-19,21-23H2,1-9H3/t24?,25-/m0/s1. The Kier molecular flexibility index (Phi) is 13.5. The first-order valence-corrected chi connectivity index (χ1v) is 18.7. The van der Waals surface area contributed by atoms with Gasteiger partial charge in [0.25, 0.3) is 5.91 Å². The van der Waals surface area contributed by atoms with Crippen LogP contribution >= 0.6 is 0 Å². The van der Waals surface area contributed by atoms with Crippen LogP contribution in [0.3, 0.4) is 0 Å². The molecule has 2 aromatic heterocycles. The number of carbonyl (C=O) groups is 3. The second-order valence-corrected chi connectivity index (χ2v) is 15.6. The molecule has 0 bridgehead atoms. The number of aromatic amines is 1. The second kappa shape index (κ2) is 17.9. The van der Waals surface area contributed by atoms with Crippen LogP contribution in [0, 0.1) is 5.82 Å². The van der Waals surface area contributed by atoms with Gasteiger partial charge in [-0.15, -0.1) is 0 Å². The van der Waals surface area contributed by atoms with Gasteiger partial charge in [0.15, 0.2) is 17.9 Å². The molecule has 2 atom stereocenters. The summed E-state index contributed by atoms with van der Waals surface area (Å²) in [5, 5.41) is 3.27. The predicted octanol–water partition coefficient (Wildman–Crippen LogP) is 7.25. The number of fused-ring (bicyclic) bond motifs is 1. The fourth-order valence-corrected chi connectivity index (χ4v) is 6.62. The van der Waals surface area contributed by atoms with E-state index < -0.39 is 47.5 Å². The number of halogens is 1. The molecule has 15 nitrogen and oxygen atoms in total. The number of ether oxygens (including phenoxy) is 7. The van der Waals surface area contributed by atoms with E-state index in [2.05, 4.69) is 15.3 Å². The van der Waals surface area contributed by atoms with Crippen molar-refractivity contribution in [1.82, 2.24) is 19.8 Å². The van der Waals surface area contributed by atoms with Crippen LogP contribution in [0.1, 0.15) is 82.8 Å². The number of morpholine rings is 1. The summed E-state index contributed by atoms with van der Waals surface area (Å²) in [6, 6.07) is 6.13. The minimum absolute atomic E-state index is 0.0426. The molecule has 1 fully saturated rings. The lowest BCUT2D eigenvalue weighted by atomic mass is 9.90. The van der Waals surface area contributed by atoms with E-state index in [1.54, 1.807) is 58.2 Å². The number of rotatable bonds is 13. The van der Waals surface area contributed by atoms with Crippen molar-refractivity contribution in [1.29, 1.82) is 0 Å². The van der Waals surface area contributed by atoms with Crippen molar-refractivity contribution >= 4 is 29.5 Å². The minimum atomic E-state index is -0.869. The van der Waals surface area contributed by atoms with Crippen molar-refractivity contribution < 1.29 is 51.9 Å². The lowest BCUT2D eigenvalue weighted by Crippen LogP contribution is -2.49. The number of methoxy groups -OCH3 is 3. The topological polar surface area (TPSA) is 163 Å². The molecule has 1 unspecified atom stereocenters. The van der Waals surface area contributed by atoms with Crippen LogP contribution < -0.4 is 14.8 Å². The summed E-state index contributed by atoms with van der Waals surface area (Å²) in [5.74, 6) is -1.32. The summed E-state index contributed by atoms with van der Waals surface area (Å²) in [5.41, 5.74) is 0.674. The van der Waals surface area contributed by atoms with Gasteiger partial charge in [0, 0.05) is 50.7 Å². The summed E-state index contributed by atoms with van der Waals surface area (Å²) >= 11 is 0. The number of aromatic nitrogens is 2. The van der Waals surface area contributed by atoms with Crippen LogP contribution in [0.2, 0.25) is 0 Å². The van der Waals surface area contributed by atoms with Gasteiger partial charge < -0.3 is 48.4 Å². The smallest absolute Gasteiger partial charge is 0.417 e. The molecule has 2 aliphatic heterocycles. The van der Waals surface area contributed by atoms with Crippen molar-refractivity contribution in [2.24, 2.45) is 0 Å². The third-order valence-electron chi connectivity index (χ3n) is 9.13.